The lowest BCUT2D eigenvalue weighted by molar-refractivity contribution is 0.556. The smallest absolute Gasteiger partial charge is 0.142 e. The molecule has 0 saturated heterocycles. The van der Waals surface area contributed by atoms with Crippen molar-refractivity contribution < 1.29 is 8.81 Å². The molecule has 1 N–H and O–H groups in total. The van der Waals surface area contributed by atoms with Crippen molar-refractivity contribution in [1.82, 2.24) is 5.32 Å². The largest absolute Gasteiger partial charge is 0.472 e. The van der Waals surface area contributed by atoms with Crippen molar-refractivity contribution >= 4 is 11.6 Å². The summed E-state index contributed by atoms with van der Waals surface area (Å²) in [6.45, 7) is 0. The van der Waals surface area contributed by atoms with Crippen LogP contribution >= 0.6 is 11.6 Å². The molecule has 0 amide bonds. The van der Waals surface area contributed by atoms with Gasteiger partial charge in [-0.25, -0.2) is 4.39 Å². The fourth-order valence-corrected chi connectivity index (χ4v) is 1.92. The summed E-state index contributed by atoms with van der Waals surface area (Å²) in [6, 6.07) is 6.43. The minimum Gasteiger partial charge on any atom is -0.472 e. The van der Waals surface area contributed by atoms with Crippen molar-refractivity contribution in [3.8, 4) is 0 Å². The number of nitrogens with one attached hydrogen (secondary N) is 1. The lowest BCUT2D eigenvalue weighted by Crippen LogP contribution is -2.17. The van der Waals surface area contributed by atoms with Crippen molar-refractivity contribution in [2.45, 2.75) is 6.04 Å². The van der Waals surface area contributed by atoms with E-state index in [2.05, 4.69) is 5.32 Å². The van der Waals surface area contributed by atoms with Crippen LogP contribution < -0.4 is 5.32 Å². The third-order valence-electron chi connectivity index (χ3n) is 2.46. The SMILES string of the molecule is CNC(c1ccoc1)c1cccc(F)c1Cl. The minimum absolute atomic E-state index is 0.142. The molecule has 2 rings (SSSR count). The first-order valence-corrected chi connectivity index (χ1v) is 5.25. The summed E-state index contributed by atoms with van der Waals surface area (Å²) in [5, 5.41) is 3.22. The highest BCUT2D eigenvalue weighted by Crippen LogP contribution is 2.29. The summed E-state index contributed by atoms with van der Waals surface area (Å²) in [6.07, 6.45) is 3.19. The van der Waals surface area contributed by atoms with Gasteiger partial charge in [-0.15, -0.1) is 0 Å². The van der Waals surface area contributed by atoms with Crippen molar-refractivity contribution in [3.05, 3.63) is 58.8 Å². The molecule has 0 aliphatic carbocycles. The molecule has 0 aliphatic heterocycles. The van der Waals surface area contributed by atoms with Crippen LogP contribution in [0, 0.1) is 5.82 Å². The zero-order valence-electron chi connectivity index (χ0n) is 8.71. The second-order valence-electron chi connectivity index (χ2n) is 3.42. The van der Waals surface area contributed by atoms with E-state index in [-0.39, 0.29) is 11.1 Å². The van der Waals surface area contributed by atoms with Crippen LogP contribution in [0.5, 0.6) is 0 Å². The molecule has 1 aromatic heterocycles. The van der Waals surface area contributed by atoms with E-state index in [0.717, 1.165) is 5.56 Å². The number of hydrogen-bond donors (Lipinski definition) is 1. The van der Waals surface area contributed by atoms with Gasteiger partial charge in [-0.05, 0) is 24.7 Å². The van der Waals surface area contributed by atoms with Crippen molar-refractivity contribution in [3.63, 3.8) is 0 Å². The summed E-state index contributed by atoms with van der Waals surface area (Å²) >= 11 is 5.94. The Morgan fingerprint density at radius 2 is 2.19 bits per heavy atom. The first-order chi connectivity index (χ1) is 7.74. The van der Waals surface area contributed by atoms with E-state index >= 15 is 0 Å². The summed E-state index contributed by atoms with van der Waals surface area (Å²) in [4.78, 5) is 0. The Labute approximate surface area is 98.0 Å². The fraction of sp³-hybridized carbons (Fsp3) is 0.167. The van der Waals surface area contributed by atoms with Crippen LogP contribution in [-0.2, 0) is 0 Å². The van der Waals surface area contributed by atoms with Gasteiger partial charge in [0.15, 0.2) is 0 Å². The Kier molecular flexibility index (Phi) is 3.27. The van der Waals surface area contributed by atoms with E-state index in [0.29, 0.717) is 5.56 Å². The van der Waals surface area contributed by atoms with E-state index in [4.69, 9.17) is 16.0 Å². The molecule has 1 atom stereocenters. The van der Waals surface area contributed by atoms with Crippen LogP contribution in [0.25, 0.3) is 0 Å². The van der Waals surface area contributed by atoms with Gasteiger partial charge in [0.2, 0.25) is 0 Å². The molecule has 1 heterocycles. The number of hydrogen-bond acceptors (Lipinski definition) is 2. The number of rotatable bonds is 3. The van der Waals surface area contributed by atoms with Crippen LogP contribution in [0.15, 0.2) is 41.2 Å². The molecular weight excluding hydrogens is 229 g/mol. The Morgan fingerprint density at radius 3 is 2.81 bits per heavy atom. The average molecular weight is 240 g/mol. The van der Waals surface area contributed by atoms with Crippen LogP contribution in [0.2, 0.25) is 5.02 Å². The van der Waals surface area contributed by atoms with E-state index in [1.807, 2.05) is 6.07 Å². The second kappa shape index (κ2) is 4.68. The Balaban J connectivity index is 2.45. The second-order valence-corrected chi connectivity index (χ2v) is 3.80. The van der Waals surface area contributed by atoms with Gasteiger partial charge >= 0.3 is 0 Å². The molecule has 4 heteroatoms. The van der Waals surface area contributed by atoms with Crippen LogP contribution in [-0.4, -0.2) is 7.05 Å². The molecule has 84 valence electrons. The van der Waals surface area contributed by atoms with Crippen molar-refractivity contribution in [1.29, 1.82) is 0 Å². The van der Waals surface area contributed by atoms with Gasteiger partial charge in [0.05, 0.1) is 23.6 Å². The lowest BCUT2D eigenvalue weighted by Gasteiger charge is -2.16. The third kappa shape index (κ3) is 1.96. The van der Waals surface area contributed by atoms with Gasteiger partial charge in [-0.3, -0.25) is 0 Å². The molecule has 0 radical (unpaired) electrons. The topological polar surface area (TPSA) is 25.2 Å². The maximum Gasteiger partial charge on any atom is 0.142 e. The van der Waals surface area contributed by atoms with E-state index in [9.17, 15) is 4.39 Å². The number of halogens is 2. The number of furan rings is 1. The molecule has 0 bridgehead atoms. The van der Waals surface area contributed by atoms with Gasteiger partial charge in [0.25, 0.3) is 0 Å². The molecule has 2 nitrogen and oxygen atoms in total. The van der Waals surface area contributed by atoms with Crippen molar-refractivity contribution in [2.75, 3.05) is 7.05 Å². The zero-order valence-corrected chi connectivity index (χ0v) is 9.46. The van der Waals surface area contributed by atoms with E-state index in [1.165, 1.54) is 6.07 Å². The maximum atomic E-state index is 13.3. The molecule has 1 aromatic carbocycles. The predicted molar refractivity (Wildman–Crippen MR) is 61.0 cm³/mol. The highest BCUT2D eigenvalue weighted by Gasteiger charge is 2.17. The molecule has 1 unspecified atom stereocenters. The highest BCUT2D eigenvalue weighted by atomic mass is 35.5. The maximum absolute atomic E-state index is 13.3. The normalized spacial score (nSPS) is 12.7. The lowest BCUT2D eigenvalue weighted by atomic mass is 10.0. The van der Waals surface area contributed by atoms with Gasteiger partial charge < -0.3 is 9.73 Å². The molecule has 2 aromatic rings. The van der Waals surface area contributed by atoms with Gasteiger partial charge in [0, 0.05) is 5.56 Å². The Morgan fingerprint density at radius 1 is 1.38 bits per heavy atom. The number of benzene rings is 1. The van der Waals surface area contributed by atoms with E-state index in [1.54, 1.807) is 31.7 Å². The first kappa shape index (κ1) is 11.2. The van der Waals surface area contributed by atoms with E-state index < -0.39 is 5.82 Å². The quantitative estimate of drug-likeness (QED) is 0.888. The predicted octanol–water partition coefficient (Wildman–Crippen LogP) is 3.38. The van der Waals surface area contributed by atoms with Crippen LogP contribution in [0.3, 0.4) is 0 Å². The van der Waals surface area contributed by atoms with Gasteiger partial charge in [0.1, 0.15) is 5.82 Å². The van der Waals surface area contributed by atoms with Crippen LogP contribution in [0.1, 0.15) is 17.2 Å². The van der Waals surface area contributed by atoms with Crippen LogP contribution in [0.4, 0.5) is 4.39 Å². The molecule has 16 heavy (non-hydrogen) atoms. The summed E-state index contributed by atoms with van der Waals surface area (Å²) in [7, 11) is 1.79. The fourth-order valence-electron chi connectivity index (χ4n) is 1.68. The molecule has 0 fully saturated rings. The Hall–Kier alpha value is -1.32. The monoisotopic (exact) mass is 239 g/mol. The average Bonchev–Trinajstić information content (AvgIpc) is 2.79. The highest BCUT2D eigenvalue weighted by molar-refractivity contribution is 6.31. The Bertz CT molecular complexity index is 470. The molecule has 0 saturated carbocycles. The molecule has 0 spiro atoms. The van der Waals surface area contributed by atoms with Gasteiger partial charge in [-0.1, -0.05) is 23.7 Å². The summed E-state index contributed by atoms with van der Waals surface area (Å²) in [5.74, 6) is -0.414. The first-order valence-electron chi connectivity index (χ1n) is 4.87. The summed E-state index contributed by atoms with van der Waals surface area (Å²) in [5.41, 5.74) is 1.61. The zero-order chi connectivity index (χ0) is 11.5. The summed E-state index contributed by atoms with van der Waals surface area (Å²) < 4.78 is 18.3. The van der Waals surface area contributed by atoms with Crippen molar-refractivity contribution in [2.24, 2.45) is 0 Å². The minimum atomic E-state index is -0.414. The third-order valence-corrected chi connectivity index (χ3v) is 2.86. The molecule has 0 aliphatic rings. The standard InChI is InChI=1S/C12H11ClFNO/c1-15-12(8-5-6-16-7-8)9-3-2-4-10(14)11(9)13/h2-7,12,15H,1H3. The molecular formula is C12H11ClFNO. The van der Waals surface area contributed by atoms with Gasteiger partial charge in [-0.2, -0.15) is 0 Å².